The lowest BCUT2D eigenvalue weighted by Crippen LogP contribution is -2.44. The van der Waals surface area contributed by atoms with E-state index in [0.717, 1.165) is 11.4 Å². The van der Waals surface area contributed by atoms with Gasteiger partial charge in [-0.2, -0.15) is 5.10 Å². The van der Waals surface area contributed by atoms with Crippen molar-refractivity contribution >= 4 is 23.4 Å². The molecule has 2 heterocycles. The van der Waals surface area contributed by atoms with Crippen molar-refractivity contribution in [3.63, 3.8) is 0 Å². The van der Waals surface area contributed by atoms with Crippen LogP contribution in [0, 0.1) is 6.92 Å². The van der Waals surface area contributed by atoms with Gasteiger partial charge in [0.2, 0.25) is 0 Å². The Morgan fingerprint density at radius 1 is 1.20 bits per heavy atom. The van der Waals surface area contributed by atoms with Gasteiger partial charge in [0.25, 0.3) is 5.91 Å². The summed E-state index contributed by atoms with van der Waals surface area (Å²) in [5, 5.41) is 9.14. The summed E-state index contributed by atoms with van der Waals surface area (Å²) in [6.45, 7) is 2.64. The molecule has 1 aliphatic rings. The highest BCUT2D eigenvalue weighted by atomic mass is 16.2. The Kier molecular flexibility index (Phi) is 4.51. The standard InChI is InChI=1S/C17H19N5O3/c1-11-7-8-19-22(11)10-9-18-15(23)16(24)20-14-12-5-3-4-6-13(12)21(2)17(14)25/h3-8,14H,9-10H2,1-2H3,(H,18,23)(H,20,24)/t14-/m0/s1. The second-order valence-electron chi connectivity index (χ2n) is 5.81. The number of aryl methyl sites for hydroxylation is 1. The van der Waals surface area contributed by atoms with Crippen molar-refractivity contribution in [2.24, 2.45) is 0 Å². The molecule has 1 atom stereocenters. The number of likely N-dealkylation sites (N-methyl/N-ethyl adjacent to an activating group) is 1. The first-order valence-corrected chi connectivity index (χ1v) is 7.92. The average molecular weight is 341 g/mol. The topological polar surface area (TPSA) is 96.3 Å². The Morgan fingerprint density at radius 2 is 1.96 bits per heavy atom. The van der Waals surface area contributed by atoms with Crippen LogP contribution < -0.4 is 15.5 Å². The zero-order chi connectivity index (χ0) is 18.0. The van der Waals surface area contributed by atoms with E-state index in [1.807, 2.05) is 19.1 Å². The van der Waals surface area contributed by atoms with Crippen LogP contribution in [0.3, 0.4) is 0 Å². The number of nitrogens with zero attached hydrogens (tertiary/aromatic N) is 3. The molecule has 0 saturated carbocycles. The van der Waals surface area contributed by atoms with Gasteiger partial charge < -0.3 is 15.5 Å². The third kappa shape index (κ3) is 3.23. The second kappa shape index (κ2) is 6.76. The minimum absolute atomic E-state index is 0.268. The molecule has 2 N–H and O–H groups in total. The minimum atomic E-state index is -0.840. The Labute approximate surface area is 144 Å². The summed E-state index contributed by atoms with van der Waals surface area (Å²) in [7, 11) is 1.64. The summed E-state index contributed by atoms with van der Waals surface area (Å²) < 4.78 is 1.73. The molecule has 0 fully saturated rings. The van der Waals surface area contributed by atoms with Gasteiger partial charge in [0.05, 0.1) is 6.54 Å². The van der Waals surface area contributed by atoms with Crippen LogP contribution in [-0.4, -0.2) is 41.1 Å². The zero-order valence-corrected chi connectivity index (χ0v) is 14.0. The molecule has 0 spiro atoms. The van der Waals surface area contributed by atoms with Crippen molar-refractivity contribution in [2.75, 3.05) is 18.5 Å². The second-order valence-corrected chi connectivity index (χ2v) is 5.81. The lowest BCUT2D eigenvalue weighted by molar-refractivity contribution is -0.140. The van der Waals surface area contributed by atoms with Gasteiger partial charge in [0, 0.05) is 36.7 Å². The number of amides is 3. The van der Waals surface area contributed by atoms with Crippen LogP contribution in [0.15, 0.2) is 36.5 Å². The van der Waals surface area contributed by atoms with Crippen LogP contribution >= 0.6 is 0 Å². The van der Waals surface area contributed by atoms with E-state index >= 15 is 0 Å². The highest BCUT2D eigenvalue weighted by molar-refractivity contribution is 6.35. The molecule has 1 aromatic carbocycles. The molecular weight excluding hydrogens is 322 g/mol. The Bertz CT molecular complexity index is 829. The minimum Gasteiger partial charge on any atom is -0.346 e. The van der Waals surface area contributed by atoms with Crippen LogP contribution in [0.1, 0.15) is 17.3 Å². The lowest BCUT2D eigenvalue weighted by Gasteiger charge is -2.13. The van der Waals surface area contributed by atoms with Gasteiger partial charge in [-0.3, -0.25) is 19.1 Å². The number of hydrogen-bond donors (Lipinski definition) is 2. The number of benzene rings is 1. The highest BCUT2D eigenvalue weighted by Crippen LogP contribution is 2.34. The molecule has 0 bridgehead atoms. The first-order chi connectivity index (χ1) is 12.0. The molecule has 8 heteroatoms. The van der Waals surface area contributed by atoms with Gasteiger partial charge in [-0.1, -0.05) is 18.2 Å². The molecule has 8 nitrogen and oxygen atoms in total. The van der Waals surface area contributed by atoms with E-state index in [1.165, 1.54) is 4.90 Å². The lowest BCUT2D eigenvalue weighted by atomic mass is 10.1. The number of hydrogen-bond acceptors (Lipinski definition) is 4. The fourth-order valence-electron chi connectivity index (χ4n) is 2.81. The monoisotopic (exact) mass is 341 g/mol. The summed E-state index contributed by atoms with van der Waals surface area (Å²) in [5.74, 6) is -1.88. The van der Waals surface area contributed by atoms with Gasteiger partial charge in [0.15, 0.2) is 0 Å². The quantitative estimate of drug-likeness (QED) is 0.773. The molecule has 0 aliphatic carbocycles. The third-order valence-electron chi connectivity index (χ3n) is 4.21. The number of carbonyl (C=O) groups is 3. The molecule has 2 aromatic rings. The van der Waals surface area contributed by atoms with Crippen molar-refractivity contribution in [1.29, 1.82) is 0 Å². The summed E-state index contributed by atoms with van der Waals surface area (Å²) in [4.78, 5) is 37.8. The maximum atomic E-state index is 12.3. The van der Waals surface area contributed by atoms with E-state index in [1.54, 1.807) is 36.1 Å². The number of para-hydroxylation sites is 1. The summed E-state index contributed by atoms with van der Waals surface area (Å²) >= 11 is 0. The van der Waals surface area contributed by atoms with E-state index in [-0.39, 0.29) is 12.5 Å². The predicted octanol–water partition coefficient (Wildman–Crippen LogP) is 0.142. The Balaban J connectivity index is 1.58. The van der Waals surface area contributed by atoms with Crippen molar-refractivity contribution < 1.29 is 14.4 Å². The molecule has 0 unspecified atom stereocenters. The van der Waals surface area contributed by atoms with E-state index in [4.69, 9.17) is 0 Å². The van der Waals surface area contributed by atoms with Gasteiger partial charge in [-0.15, -0.1) is 0 Å². The molecule has 0 saturated heterocycles. The maximum absolute atomic E-state index is 12.3. The van der Waals surface area contributed by atoms with Crippen LogP contribution in [0.25, 0.3) is 0 Å². The average Bonchev–Trinajstić information content (AvgIpc) is 3.12. The number of anilines is 1. The SMILES string of the molecule is Cc1ccnn1CCNC(=O)C(=O)N[C@@H]1C(=O)N(C)c2ccccc21. The van der Waals surface area contributed by atoms with Crippen LogP contribution in [0.4, 0.5) is 5.69 Å². The van der Waals surface area contributed by atoms with E-state index in [9.17, 15) is 14.4 Å². The van der Waals surface area contributed by atoms with Crippen molar-refractivity contribution in [3.05, 3.63) is 47.8 Å². The van der Waals surface area contributed by atoms with Gasteiger partial charge in [-0.25, -0.2) is 0 Å². The summed E-state index contributed by atoms with van der Waals surface area (Å²) in [5.41, 5.74) is 2.38. The summed E-state index contributed by atoms with van der Waals surface area (Å²) in [6, 6.07) is 8.18. The van der Waals surface area contributed by atoms with Gasteiger partial charge >= 0.3 is 11.8 Å². The molecule has 1 aliphatic heterocycles. The smallest absolute Gasteiger partial charge is 0.310 e. The Morgan fingerprint density at radius 3 is 2.68 bits per heavy atom. The van der Waals surface area contributed by atoms with Crippen molar-refractivity contribution in [3.8, 4) is 0 Å². The molecule has 1 aromatic heterocycles. The molecule has 25 heavy (non-hydrogen) atoms. The van der Waals surface area contributed by atoms with E-state index < -0.39 is 17.9 Å². The van der Waals surface area contributed by atoms with Crippen molar-refractivity contribution in [2.45, 2.75) is 19.5 Å². The number of aromatic nitrogens is 2. The molecule has 0 radical (unpaired) electrons. The number of fused-ring (bicyclic) bond motifs is 1. The van der Waals surface area contributed by atoms with E-state index in [0.29, 0.717) is 12.1 Å². The number of carbonyl (C=O) groups excluding carboxylic acids is 3. The highest BCUT2D eigenvalue weighted by Gasteiger charge is 2.36. The van der Waals surface area contributed by atoms with Crippen LogP contribution in [0.2, 0.25) is 0 Å². The normalized spacial score (nSPS) is 15.8. The van der Waals surface area contributed by atoms with Gasteiger partial charge in [-0.05, 0) is 19.1 Å². The predicted molar refractivity (Wildman–Crippen MR) is 90.7 cm³/mol. The fraction of sp³-hybridized carbons (Fsp3) is 0.294. The maximum Gasteiger partial charge on any atom is 0.310 e. The summed E-state index contributed by atoms with van der Waals surface area (Å²) in [6.07, 6.45) is 1.67. The number of nitrogens with one attached hydrogen (secondary N) is 2. The van der Waals surface area contributed by atoms with Crippen LogP contribution in [0.5, 0.6) is 0 Å². The molecule has 3 amide bonds. The van der Waals surface area contributed by atoms with Crippen LogP contribution in [-0.2, 0) is 20.9 Å². The molecule has 3 rings (SSSR count). The first-order valence-electron chi connectivity index (χ1n) is 7.92. The molecule has 130 valence electrons. The van der Waals surface area contributed by atoms with Crippen molar-refractivity contribution in [1.82, 2.24) is 20.4 Å². The fourth-order valence-corrected chi connectivity index (χ4v) is 2.81. The first kappa shape index (κ1) is 16.7. The largest absolute Gasteiger partial charge is 0.346 e. The van der Waals surface area contributed by atoms with E-state index in [2.05, 4.69) is 15.7 Å². The third-order valence-corrected chi connectivity index (χ3v) is 4.21. The number of rotatable bonds is 4. The van der Waals surface area contributed by atoms with Gasteiger partial charge in [0.1, 0.15) is 6.04 Å². The molecular formula is C17H19N5O3. The zero-order valence-electron chi connectivity index (χ0n) is 14.0. The Hall–Kier alpha value is -3.16.